The Morgan fingerprint density at radius 3 is 2.57 bits per heavy atom. The van der Waals surface area contributed by atoms with Crippen LogP contribution in [-0.4, -0.2) is 24.2 Å². The molecule has 0 aromatic rings. The normalized spacial score (nSPS) is 12.5. The number of aliphatic hydroxyl groups is 1. The number of hydrogen-bond acceptors (Lipinski definition) is 2. The topological polar surface area (TPSA) is 49.3 Å². The number of unbranched alkanes of at least 4 members (excludes halogenated alkanes) is 1. The van der Waals surface area contributed by atoms with Crippen LogP contribution in [0, 0.1) is 5.92 Å². The third-order valence-electron chi connectivity index (χ3n) is 2.37. The molecular weight excluding hydrogens is 178 g/mol. The highest BCUT2D eigenvalue weighted by Gasteiger charge is 2.05. The first-order valence-corrected chi connectivity index (χ1v) is 5.56. The molecule has 84 valence electrons. The summed E-state index contributed by atoms with van der Waals surface area (Å²) in [6.45, 7) is 4.74. The molecule has 0 saturated heterocycles. The van der Waals surface area contributed by atoms with Gasteiger partial charge < -0.3 is 10.4 Å². The van der Waals surface area contributed by atoms with Gasteiger partial charge in [0.15, 0.2) is 0 Å². The van der Waals surface area contributed by atoms with Crippen molar-refractivity contribution in [2.75, 3.05) is 13.2 Å². The molecule has 3 heteroatoms. The lowest BCUT2D eigenvalue weighted by Crippen LogP contribution is -2.21. The summed E-state index contributed by atoms with van der Waals surface area (Å²) in [7, 11) is 0. The monoisotopic (exact) mass is 201 g/mol. The van der Waals surface area contributed by atoms with Crippen LogP contribution in [0.5, 0.6) is 0 Å². The van der Waals surface area contributed by atoms with Crippen molar-refractivity contribution in [1.29, 1.82) is 0 Å². The summed E-state index contributed by atoms with van der Waals surface area (Å²) in [5.74, 6) is 0.495. The van der Waals surface area contributed by atoms with E-state index in [-0.39, 0.29) is 5.91 Å². The van der Waals surface area contributed by atoms with Crippen LogP contribution in [-0.2, 0) is 4.79 Å². The minimum absolute atomic E-state index is 0.0391. The van der Waals surface area contributed by atoms with Crippen LogP contribution in [0.15, 0.2) is 0 Å². The molecular formula is C11H23NO2. The van der Waals surface area contributed by atoms with E-state index >= 15 is 0 Å². The summed E-state index contributed by atoms with van der Waals surface area (Å²) in [4.78, 5) is 10.5. The number of carbonyl (C=O) groups is 1. The van der Waals surface area contributed by atoms with E-state index in [1.807, 2.05) is 0 Å². The fraction of sp³-hybridized carbons (Fsp3) is 0.909. The third-order valence-corrected chi connectivity index (χ3v) is 2.37. The molecule has 0 heterocycles. The predicted octanol–water partition coefficient (Wildman–Crippen LogP) is 1.70. The zero-order valence-electron chi connectivity index (χ0n) is 9.38. The van der Waals surface area contributed by atoms with Gasteiger partial charge in [-0.3, -0.25) is 4.79 Å². The maximum absolute atomic E-state index is 10.5. The molecule has 1 atom stereocenters. The summed E-state index contributed by atoms with van der Waals surface area (Å²) in [6.07, 6.45) is 5.42. The Balaban J connectivity index is 3.28. The standard InChI is InChI=1S/C11H23NO2/c1-3-6-11(9-13)7-4-5-8-12-10(2)14/h11,13H,3-9H2,1-2H3,(H,12,14). The smallest absolute Gasteiger partial charge is 0.216 e. The van der Waals surface area contributed by atoms with Gasteiger partial charge in [0.1, 0.15) is 0 Å². The van der Waals surface area contributed by atoms with Crippen molar-refractivity contribution < 1.29 is 9.90 Å². The van der Waals surface area contributed by atoms with E-state index in [9.17, 15) is 4.79 Å². The molecule has 1 unspecified atom stereocenters. The van der Waals surface area contributed by atoms with E-state index in [2.05, 4.69) is 12.2 Å². The highest BCUT2D eigenvalue weighted by Crippen LogP contribution is 2.13. The van der Waals surface area contributed by atoms with Crippen LogP contribution in [0.1, 0.15) is 46.0 Å². The molecule has 0 aliphatic carbocycles. The van der Waals surface area contributed by atoms with Crippen LogP contribution in [0.2, 0.25) is 0 Å². The Labute approximate surface area is 86.9 Å². The lowest BCUT2D eigenvalue weighted by atomic mass is 9.98. The maximum atomic E-state index is 10.5. The quantitative estimate of drug-likeness (QED) is 0.587. The van der Waals surface area contributed by atoms with Crippen LogP contribution in [0.4, 0.5) is 0 Å². The van der Waals surface area contributed by atoms with Crippen molar-refractivity contribution in [3.05, 3.63) is 0 Å². The van der Waals surface area contributed by atoms with Gasteiger partial charge in [-0.25, -0.2) is 0 Å². The lowest BCUT2D eigenvalue weighted by Gasteiger charge is -2.12. The number of amides is 1. The van der Waals surface area contributed by atoms with Crippen molar-refractivity contribution >= 4 is 5.91 Å². The van der Waals surface area contributed by atoms with E-state index < -0.39 is 0 Å². The van der Waals surface area contributed by atoms with Crippen molar-refractivity contribution in [3.63, 3.8) is 0 Å². The highest BCUT2D eigenvalue weighted by atomic mass is 16.3. The minimum atomic E-state index is 0.0391. The number of carbonyl (C=O) groups excluding carboxylic acids is 1. The Bertz CT molecular complexity index is 148. The summed E-state index contributed by atoms with van der Waals surface area (Å²) < 4.78 is 0. The maximum Gasteiger partial charge on any atom is 0.216 e. The molecule has 0 aromatic heterocycles. The molecule has 0 rings (SSSR count). The highest BCUT2D eigenvalue weighted by molar-refractivity contribution is 5.72. The van der Waals surface area contributed by atoms with Crippen molar-refractivity contribution in [2.45, 2.75) is 46.0 Å². The molecule has 0 fully saturated rings. The zero-order valence-corrected chi connectivity index (χ0v) is 9.38. The first-order chi connectivity index (χ1) is 6.70. The van der Waals surface area contributed by atoms with Gasteiger partial charge >= 0.3 is 0 Å². The summed E-state index contributed by atoms with van der Waals surface area (Å²) in [5, 5.41) is 11.8. The van der Waals surface area contributed by atoms with E-state index in [4.69, 9.17) is 5.11 Å². The van der Waals surface area contributed by atoms with Gasteiger partial charge in [-0.05, 0) is 25.2 Å². The average Bonchev–Trinajstić information content (AvgIpc) is 2.15. The molecule has 2 N–H and O–H groups in total. The lowest BCUT2D eigenvalue weighted by molar-refractivity contribution is -0.118. The first-order valence-electron chi connectivity index (χ1n) is 5.56. The number of aliphatic hydroxyl groups excluding tert-OH is 1. The van der Waals surface area contributed by atoms with Crippen LogP contribution >= 0.6 is 0 Å². The molecule has 3 nitrogen and oxygen atoms in total. The van der Waals surface area contributed by atoms with Gasteiger partial charge in [-0.2, -0.15) is 0 Å². The van der Waals surface area contributed by atoms with Crippen LogP contribution in [0.3, 0.4) is 0 Å². The summed E-state index contributed by atoms with van der Waals surface area (Å²) in [6, 6.07) is 0. The van der Waals surface area contributed by atoms with Crippen molar-refractivity contribution in [1.82, 2.24) is 5.32 Å². The Morgan fingerprint density at radius 1 is 1.36 bits per heavy atom. The van der Waals surface area contributed by atoms with Crippen LogP contribution < -0.4 is 5.32 Å². The second-order valence-electron chi connectivity index (χ2n) is 3.82. The van der Waals surface area contributed by atoms with Gasteiger partial charge in [0.25, 0.3) is 0 Å². The molecule has 0 aromatic carbocycles. The first kappa shape index (κ1) is 13.4. The Kier molecular flexibility index (Phi) is 8.64. The van der Waals surface area contributed by atoms with Crippen molar-refractivity contribution in [2.24, 2.45) is 5.92 Å². The van der Waals surface area contributed by atoms with E-state index in [0.717, 1.165) is 38.6 Å². The van der Waals surface area contributed by atoms with Crippen LogP contribution in [0.25, 0.3) is 0 Å². The van der Waals surface area contributed by atoms with E-state index in [1.165, 1.54) is 6.92 Å². The zero-order chi connectivity index (χ0) is 10.8. The van der Waals surface area contributed by atoms with Gasteiger partial charge in [0.05, 0.1) is 0 Å². The summed E-state index contributed by atoms with van der Waals surface area (Å²) in [5.41, 5.74) is 0. The molecule has 0 radical (unpaired) electrons. The second-order valence-corrected chi connectivity index (χ2v) is 3.82. The molecule has 0 saturated carbocycles. The Morgan fingerprint density at radius 2 is 2.07 bits per heavy atom. The molecule has 0 spiro atoms. The minimum Gasteiger partial charge on any atom is -0.396 e. The molecule has 0 aliphatic heterocycles. The number of hydrogen-bond donors (Lipinski definition) is 2. The molecule has 14 heavy (non-hydrogen) atoms. The van der Waals surface area contributed by atoms with Gasteiger partial charge in [-0.15, -0.1) is 0 Å². The number of nitrogens with one attached hydrogen (secondary N) is 1. The fourth-order valence-electron chi connectivity index (χ4n) is 1.56. The molecule has 1 amide bonds. The second kappa shape index (κ2) is 9.00. The fourth-order valence-corrected chi connectivity index (χ4v) is 1.56. The third kappa shape index (κ3) is 8.05. The van der Waals surface area contributed by atoms with E-state index in [1.54, 1.807) is 0 Å². The van der Waals surface area contributed by atoms with Gasteiger partial charge in [-0.1, -0.05) is 19.8 Å². The number of rotatable bonds is 8. The SMILES string of the molecule is CCCC(CO)CCCCNC(C)=O. The van der Waals surface area contributed by atoms with Crippen molar-refractivity contribution in [3.8, 4) is 0 Å². The largest absolute Gasteiger partial charge is 0.396 e. The van der Waals surface area contributed by atoms with E-state index in [0.29, 0.717) is 12.5 Å². The van der Waals surface area contributed by atoms with Gasteiger partial charge in [0, 0.05) is 20.1 Å². The van der Waals surface area contributed by atoms with Gasteiger partial charge in [0.2, 0.25) is 5.91 Å². The predicted molar refractivity (Wildman–Crippen MR) is 58.0 cm³/mol. The molecule has 0 bridgehead atoms. The summed E-state index contributed by atoms with van der Waals surface area (Å²) >= 11 is 0. The average molecular weight is 201 g/mol. The molecule has 0 aliphatic rings. The Hall–Kier alpha value is -0.570.